The lowest BCUT2D eigenvalue weighted by molar-refractivity contribution is -0.537. The van der Waals surface area contributed by atoms with Gasteiger partial charge in [-0.15, -0.1) is 9.47 Å². The molecule has 2 aromatic carbocycles. The average Bonchev–Trinajstić information content (AvgIpc) is 2.87. The van der Waals surface area contributed by atoms with Crippen molar-refractivity contribution in [3.8, 4) is 5.75 Å². The molecule has 2 heterocycles. The number of fused-ring (bicyclic) bond motifs is 3. The molecule has 7 heteroatoms. The molecule has 1 aromatic heterocycles. The van der Waals surface area contributed by atoms with Gasteiger partial charge in [-0.25, -0.2) is 14.2 Å². The minimum absolute atomic E-state index is 0.0944. The quantitative estimate of drug-likeness (QED) is 0.689. The van der Waals surface area contributed by atoms with E-state index in [9.17, 15) is 14.0 Å². The topological polar surface area (TPSA) is 63.4 Å². The third-order valence-corrected chi connectivity index (χ3v) is 3.97. The molecule has 0 bridgehead atoms. The van der Waals surface area contributed by atoms with E-state index in [2.05, 4.69) is 4.98 Å². The fourth-order valence-corrected chi connectivity index (χ4v) is 2.88. The minimum Gasteiger partial charge on any atom is -0.494 e. The third-order valence-electron chi connectivity index (χ3n) is 3.97. The number of nitrogens with zero attached hydrogens (tertiary/aromatic N) is 3. The third kappa shape index (κ3) is 2.24. The van der Waals surface area contributed by atoms with Crippen molar-refractivity contribution in [2.75, 3.05) is 11.5 Å². The highest BCUT2D eigenvalue weighted by Crippen LogP contribution is 2.27. The first-order chi connectivity index (χ1) is 12.1. The van der Waals surface area contributed by atoms with Gasteiger partial charge in [0.2, 0.25) is 5.69 Å². The van der Waals surface area contributed by atoms with Gasteiger partial charge < -0.3 is 4.74 Å². The largest absolute Gasteiger partial charge is 0.512 e. The second-order valence-electron chi connectivity index (χ2n) is 5.44. The molecule has 2 amide bonds. The maximum Gasteiger partial charge on any atom is 0.512 e. The number of hydrogen-bond donors (Lipinski definition) is 0. The molecule has 0 unspecified atom stereocenters. The molecule has 0 N–H and O–H groups in total. The van der Waals surface area contributed by atoms with Crippen LogP contribution in [0, 0.1) is 5.82 Å². The molecule has 124 valence electrons. The van der Waals surface area contributed by atoms with Crippen molar-refractivity contribution in [1.82, 2.24) is 4.98 Å². The number of amides is 2. The van der Waals surface area contributed by atoms with Gasteiger partial charge in [-0.1, -0.05) is 12.1 Å². The number of rotatable bonds is 3. The van der Waals surface area contributed by atoms with Crippen LogP contribution in [0.25, 0.3) is 11.0 Å². The van der Waals surface area contributed by atoms with Crippen molar-refractivity contribution >= 4 is 28.7 Å². The molecule has 1 aliphatic heterocycles. The Balaban J connectivity index is 1.84. The highest BCUT2D eigenvalue weighted by molar-refractivity contribution is 6.21. The van der Waals surface area contributed by atoms with E-state index in [1.807, 2.05) is 0 Å². The van der Waals surface area contributed by atoms with E-state index in [1.165, 1.54) is 22.9 Å². The summed E-state index contributed by atoms with van der Waals surface area (Å²) in [7, 11) is 0. The highest BCUT2D eigenvalue weighted by Gasteiger charge is 2.49. The zero-order chi connectivity index (χ0) is 17.6. The number of anilines is 1. The Morgan fingerprint density at radius 2 is 2.00 bits per heavy atom. The Bertz CT molecular complexity index is 1040. The van der Waals surface area contributed by atoms with Gasteiger partial charge in [-0.05, 0) is 31.2 Å². The molecule has 0 saturated heterocycles. The van der Waals surface area contributed by atoms with Crippen LogP contribution in [-0.4, -0.2) is 23.5 Å². The van der Waals surface area contributed by atoms with Crippen molar-refractivity contribution in [3.05, 3.63) is 60.2 Å². The summed E-state index contributed by atoms with van der Waals surface area (Å²) >= 11 is 0. The summed E-state index contributed by atoms with van der Waals surface area (Å²) in [5.41, 5.74) is 1.04. The first-order valence-electron chi connectivity index (χ1n) is 7.72. The maximum absolute atomic E-state index is 14.5. The van der Waals surface area contributed by atoms with Crippen LogP contribution in [0.2, 0.25) is 0 Å². The first kappa shape index (κ1) is 15.2. The zero-order valence-electron chi connectivity index (χ0n) is 13.3. The van der Waals surface area contributed by atoms with E-state index in [1.54, 1.807) is 31.2 Å². The second kappa shape index (κ2) is 5.62. The van der Waals surface area contributed by atoms with Crippen LogP contribution in [0.1, 0.15) is 17.4 Å². The molecule has 0 aliphatic carbocycles. The Kier molecular flexibility index (Phi) is 3.42. The van der Waals surface area contributed by atoms with Gasteiger partial charge >= 0.3 is 11.9 Å². The van der Waals surface area contributed by atoms with Crippen LogP contribution in [0.15, 0.2) is 48.7 Å². The van der Waals surface area contributed by atoms with Gasteiger partial charge in [0.05, 0.1) is 12.8 Å². The summed E-state index contributed by atoms with van der Waals surface area (Å²) in [4.78, 5) is 30.5. The summed E-state index contributed by atoms with van der Waals surface area (Å²) in [5, 5.41) is 0. The lowest BCUT2D eigenvalue weighted by Gasteiger charge is -2.08. The molecule has 4 rings (SSSR count). The molecule has 0 spiro atoms. The Morgan fingerprint density at radius 3 is 2.76 bits per heavy atom. The molecule has 25 heavy (non-hydrogen) atoms. The molecule has 6 nitrogen and oxygen atoms in total. The molecular weight excluding hydrogens is 325 g/mol. The second-order valence-corrected chi connectivity index (χ2v) is 5.44. The molecule has 0 atom stereocenters. The summed E-state index contributed by atoms with van der Waals surface area (Å²) in [6, 6.07) is 10.4. The van der Waals surface area contributed by atoms with Crippen molar-refractivity contribution in [3.63, 3.8) is 0 Å². The lowest BCUT2D eigenvalue weighted by Crippen LogP contribution is -2.46. The number of carbonyl (C=O) groups is 2. The van der Waals surface area contributed by atoms with Gasteiger partial charge in [-0.3, -0.25) is 0 Å². The van der Waals surface area contributed by atoms with E-state index in [0.29, 0.717) is 23.4 Å². The molecule has 0 fully saturated rings. The van der Waals surface area contributed by atoms with Gasteiger partial charge in [0.15, 0.2) is 17.0 Å². The van der Waals surface area contributed by atoms with Crippen molar-refractivity contribution < 1.29 is 23.3 Å². The van der Waals surface area contributed by atoms with Crippen molar-refractivity contribution in [2.45, 2.75) is 6.92 Å². The molecule has 0 saturated carbocycles. The normalized spacial score (nSPS) is 13.4. The van der Waals surface area contributed by atoms with E-state index >= 15 is 0 Å². The van der Waals surface area contributed by atoms with Gasteiger partial charge in [-0.2, -0.15) is 4.79 Å². The van der Waals surface area contributed by atoms with Crippen LogP contribution >= 0.6 is 0 Å². The lowest BCUT2D eigenvalue weighted by atomic mass is 10.2. The van der Waals surface area contributed by atoms with Gasteiger partial charge in [0.25, 0.3) is 0 Å². The average molecular weight is 338 g/mol. The molecule has 0 radical (unpaired) electrons. The van der Waals surface area contributed by atoms with Gasteiger partial charge in [0.1, 0.15) is 11.3 Å². The zero-order valence-corrected chi connectivity index (χ0v) is 13.3. The van der Waals surface area contributed by atoms with Crippen LogP contribution in [0.3, 0.4) is 0 Å². The van der Waals surface area contributed by atoms with E-state index in [0.717, 1.165) is 11.0 Å². The Hall–Kier alpha value is -3.35. The summed E-state index contributed by atoms with van der Waals surface area (Å²) in [5.74, 6) is -0.996. The summed E-state index contributed by atoms with van der Waals surface area (Å²) in [6.45, 7) is 2.17. The predicted molar refractivity (Wildman–Crippen MR) is 87.1 cm³/mol. The number of carbonyl (C=O) groups excluding carboxylic acids is 2. The van der Waals surface area contributed by atoms with Crippen LogP contribution in [0.4, 0.5) is 14.9 Å². The van der Waals surface area contributed by atoms with Crippen LogP contribution < -0.4 is 14.2 Å². The number of ether oxygens (including phenoxy) is 1. The van der Waals surface area contributed by atoms with E-state index < -0.39 is 17.8 Å². The first-order valence-corrected chi connectivity index (χ1v) is 7.72. The smallest absolute Gasteiger partial charge is 0.494 e. The number of para-hydroxylation sites is 2. The van der Waals surface area contributed by atoms with E-state index in [-0.39, 0.29) is 11.4 Å². The predicted octanol–water partition coefficient (Wildman–Crippen LogP) is 2.69. The number of halogens is 1. The van der Waals surface area contributed by atoms with Gasteiger partial charge in [0, 0.05) is 6.07 Å². The maximum atomic E-state index is 14.5. The SMILES string of the molecule is CCOc1ccc(N2C(=O)c3cnc4ccccc4[n+]3C2=O)c(F)c1. The summed E-state index contributed by atoms with van der Waals surface area (Å²) in [6.07, 6.45) is 1.33. The van der Waals surface area contributed by atoms with Crippen LogP contribution in [-0.2, 0) is 0 Å². The molecule has 1 aliphatic rings. The molecule has 3 aromatic rings. The molecular formula is C18H13FN3O3+. The Morgan fingerprint density at radius 1 is 1.20 bits per heavy atom. The standard InChI is InChI=1S/C18H13FN3O3/c1-2-25-11-7-8-14(12(19)9-11)22-17(23)16-10-20-13-5-3-4-6-15(13)21(16)18(22)24/h3-10H,2H2,1H3/q+1. The summed E-state index contributed by atoms with van der Waals surface area (Å²) < 4.78 is 20.9. The number of hydrogen-bond acceptors (Lipinski definition) is 4. The van der Waals surface area contributed by atoms with Crippen molar-refractivity contribution in [2.24, 2.45) is 0 Å². The number of imide groups is 1. The highest BCUT2D eigenvalue weighted by atomic mass is 19.1. The monoisotopic (exact) mass is 338 g/mol. The number of aromatic nitrogens is 2. The van der Waals surface area contributed by atoms with Crippen LogP contribution in [0.5, 0.6) is 5.75 Å². The van der Waals surface area contributed by atoms with Crippen molar-refractivity contribution in [1.29, 1.82) is 0 Å². The fourth-order valence-electron chi connectivity index (χ4n) is 2.88. The fraction of sp³-hybridized carbons (Fsp3) is 0.111. The minimum atomic E-state index is -0.710. The number of benzene rings is 2. The Labute approximate surface area is 142 Å². The van der Waals surface area contributed by atoms with E-state index in [4.69, 9.17) is 4.74 Å².